The van der Waals surface area contributed by atoms with Crippen molar-refractivity contribution in [2.24, 2.45) is 0 Å². The molecule has 1 aliphatic heterocycles. The van der Waals surface area contributed by atoms with Gasteiger partial charge in [0.25, 0.3) is 5.79 Å². The fourth-order valence-electron chi connectivity index (χ4n) is 4.35. The van der Waals surface area contributed by atoms with Gasteiger partial charge in [0.2, 0.25) is 23.1 Å². The van der Waals surface area contributed by atoms with E-state index in [9.17, 15) is 19.5 Å². The predicted molar refractivity (Wildman–Crippen MR) is 114 cm³/mol. The number of ketones is 1. The largest absolute Gasteiger partial charge is 0.454 e. The molecule has 0 bridgehead atoms. The zero-order chi connectivity index (χ0) is 22.6. The van der Waals surface area contributed by atoms with Crippen LogP contribution in [0.3, 0.4) is 0 Å². The molecule has 0 aromatic heterocycles. The van der Waals surface area contributed by atoms with Crippen molar-refractivity contribution in [1.29, 1.82) is 0 Å². The first kappa shape index (κ1) is 21.1. The normalized spacial score (nSPS) is 23.1. The van der Waals surface area contributed by atoms with Crippen molar-refractivity contribution in [3.8, 4) is 5.75 Å². The highest BCUT2D eigenvalue weighted by molar-refractivity contribution is 6.12. The van der Waals surface area contributed by atoms with Crippen molar-refractivity contribution < 1.29 is 24.2 Å². The van der Waals surface area contributed by atoms with E-state index in [0.29, 0.717) is 22.4 Å². The molecule has 0 fully saturated rings. The molecule has 0 spiro atoms. The number of carbonyl (C=O) groups excluding carboxylic acids is 3. The topological polar surface area (TPSA) is 95.9 Å². The SMILES string of the molecule is CC(C)c1ccc2c(c1)OC1(O)c3ccccc3C(=O)C21NC(=O)CCC(=O)N(C)C. The quantitative estimate of drug-likeness (QED) is 0.772. The molecular weight excluding hydrogens is 396 g/mol. The summed E-state index contributed by atoms with van der Waals surface area (Å²) in [4.78, 5) is 39.8. The van der Waals surface area contributed by atoms with E-state index in [4.69, 9.17) is 4.74 Å². The van der Waals surface area contributed by atoms with Gasteiger partial charge >= 0.3 is 0 Å². The van der Waals surface area contributed by atoms with Gasteiger partial charge in [-0.1, -0.05) is 50.2 Å². The number of Topliss-reactive ketones (excluding diaryl/α,β-unsaturated/α-hetero) is 1. The van der Waals surface area contributed by atoms with Gasteiger partial charge in [-0.25, -0.2) is 0 Å². The Labute approximate surface area is 181 Å². The Balaban J connectivity index is 1.79. The number of rotatable bonds is 5. The number of hydrogen-bond donors (Lipinski definition) is 2. The van der Waals surface area contributed by atoms with Crippen LogP contribution in [0, 0.1) is 0 Å². The molecule has 2 aromatic rings. The fourth-order valence-corrected chi connectivity index (χ4v) is 4.35. The molecule has 2 atom stereocenters. The minimum Gasteiger partial charge on any atom is -0.454 e. The molecule has 7 nitrogen and oxygen atoms in total. The lowest BCUT2D eigenvalue weighted by molar-refractivity contribution is -0.175. The molecule has 7 heteroatoms. The van der Waals surface area contributed by atoms with E-state index in [-0.39, 0.29) is 24.7 Å². The monoisotopic (exact) mass is 422 g/mol. The summed E-state index contributed by atoms with van der Waals surface area (Å²) < 4.78 is 6.02. The number of aliphatic hydroxyl groups is 1. The molecular formula is C24H26N2O5. The second-order valence-electron chi connectivity index (χ2n) is 8.62. The second-order valence-corrected chi connectivity index (χ2v) is 8.62. The van der Waals surface area contributed by atoms with E-state index in [1.807, 2.05) is 19.9 Å². The van der Waals surface area contributed by atoms with Crippen molar-refractivity contribution in [2.45, 2.75) is 43.9 Å². The Morgan fingerprint density at radius 1 is 1.10 bits per heavy atom. The smallest absolute Gasteiger partial charge is 0.271 e. The van der Waals surface area contributed by atoms with Crippen LogP contribution >= 0.6 is 0 Å². The number of ether oxygens (including phenoxy) is 1. The maximum absolute atomic E-state index is 13.6. The third kappa shape index (κ3) is 2.95. The molecule has 1 heterocycles. The average molecular weight is 422 g/mol. The van der Waals surface area contributed by atoms with Gasteiger partial charge in [0.1, 0.15) is 5.75 Å². The molecule has 31 heavy (non-hydrogen) atoms. The lowest BCUT2D eigenvalue weighted by Gasteiger charge is -2.34. The second kappa shape index (κ2) is 7.20. The van der Waals surface area contributed by atoms with Gasteiger partial charge in [-0.15, -0.1) is 0 Å². The number of amides is 2. The van der Waals surface area contributed by atoms with Crippen LogP contribution < -0.4 is 10.1 Å². The zero-order valence-corrected chi connectivity index (χ0v) is 18.1. The summed E-state index contributed by atoms with van der Waals surface area (Å²) in [6.07, 6.45) is -0.119. The Morgan fingerprint density at radius 2 is 1.81 bits per heavy atom. The molecule has 0 saturated carbocycles. The van der Waals surface area contributed by atoms with E-state index in [1.165, 1.54) is 4.90 Å². The highest BCUT2D eigenvalue weighted by Crippen LogP contribution is 2.58. The lowest BCUT2D eigenvalue weighted by Crippen LogP contribution is -2.60. The predicted octanol–water partition coefficient (Wildman–Crippen LogP) is 2.42. The zero-order valence-electron chi connectivity index (χ0n) is 18.1. The van der Waals surface area contributed by atoms with Crippen LogP contribution in [-0.2, 0) is 20.9 Å². The van der Waals surface area contributed by atoms with E-state index in [2.05, 4.69) is 5.32 Å². The molecule has 4 rings (SSSR count). The van der Waals surface area contributed by atoms with E-state index in [0.717, 1.165) is 5.56 Å². The summed E-state index contributed by atoms with van der Waals surface area (Å²) in [7, 11) is 3.23. The molecule has 2 aliphatic rings. The number of benzene rings is 2. The van der Waals surface area contributed by atoms with Crippen molar-refractivity contribution in [3.63, 3.8) is 0 Å². The Morgan fingerprint density at radius 3 is 2.48 bits per heavy atom. The highest BCUT2D eigenvalue weighted by Gasteiger charge is 2.71. The summed E-state index contributed by atoms with van der Waals surface area (Å²) in [6, 6.07) is 12.1. The van der Waals surface area contributed by atoms with Gasteiger partial charge in [-0.3, -0.25) is 14.4 Å². The number of carbonyl (C=O) groups is 3. The summed E-state index contributed by atoms with van der Waals surface area (Å²) >= 11 is 0. The van der Waals surface area contributed by atoms with E-state index >= 15 is 0 Å². The van der Waals surface area contributed by atoms with Crippen LogP contribution in [0.25, 0.3) is 0 Å². The van der Waals surface area contributed by atoms with Crippen LogP contribution in [0.5, 0.6) is 5.75 Å². The fraction of sp³-hybridized carbons (Fsp3) is 0.375. The lowest BCUT2D eigenvalue weighted by atomic mass is 9.82. The Bertz CT molecular complexity index is 1090. The standard InChI is InChI=1S/C24H26N2O5/c1-14(2)15-9-10-18-19(13-15)31-24(30)17-8-6-5-7-16(17)22(29)23(18,24)25-20(27)11-12-21(28)26(3)4/h5-10,13-14,30H,11-12H2,1-4H3,(H,25,27). The van der Waals surface area contributed by atoms with Gasteiger partial charge in [-0.05, 0) is 17.5 Å². The molecule has 2 aromatic carbocycles. The maximum atomic E-state index is 13.6. The number of nitrogens with zero attached hydrogens (tertiary/aromatic N) is 1. The van der Waals surface area contributed by atoms with Crippen molar-refractivity contribution in [1.82, 2.24) is 10.2 Å². The molecule has 2 unspecified atom stereocenters. The van der Waals surface area contributed by atoms with E-state index in [1.54, 1.807) is 50.5 Å². The summed E-state index contributed by atoms with van der Waals surface area (Å²) in [5.74, 6) is -2.64. The summed E-state index contributed by atoms with van der Waals surface area (Å²) in [5.41, 5.74) is 0.203. The number of nitrogens with one attached hydrogen (secondary N) is 1. The van der Waals surface area contributed by atoms with Crippen LogP contribution in [0.4, 0.5) is 0 Å². The van der Waals surface area contributed by atoms with Crippen LogP contribution in [0.15, 0.2) is 42.5 Å². The van der Waals surface area contributed by atoms with Gasteiger partial charge < -0.3 is 20.1 Å². The highest BCUT2D eigenvalue weighted by atomic mass is 16.6. The first-order valence-corrected chi connectivity index (χ1v) is 10.3. The summed E-state index contributed by atoms with van der Waals surface area (Å²) in [5, 5.41) is 14.5. The van der Waals surface area contributed by atoms with Crippen molar-refractivity contribution >= 4 is 17.6 Å². The third-order valence-electron chi connectivity index (χ3n) is 6.11. The van der Waals surface area contributed by atoms with Gasteiger partial charge in [0.15, 0.2) is 0 Å². The van der Waals surface area contributed by atoms with Crippen LogP contribution in [-0.4, -0.2) is 41.7 Å². The molecule has 0 saturated heterocycles. The third-order valence-corrected chi connectivity index (χ3v) is 6.11. The molecule has 0 radical (unpaired) electrons. The van der Waals surface area contributed by atoms with Gasteiger partial charge in [-0.2, -0.15) is 0 Å². The van der Waals surface area contributed by atoms with Crippen LogP contribution in [0.1, 0.15) is 59.7 Å². The average Bonchev–Trinajstić information content (AvgIpc) is 3.09. The Kier molecular flexibility index (Phi) is 4.89. The molecule has 2 N–H and O–H groups in total. The number of hydrogen-bond acceptors (Lipinski definition) is 5. The van der Waals surface area contributed by atoms with Gasteiger partial charge in [0.05, 0.1) is 0 Å². The first-order valence-electron chi connectivity index (χ1n) is 10.3. The molecule has 162 valence electrons. The molecule has 1 aliphatic carbocycles. The number of fused-ring (bicyclic) bond motifs is 5. The minimum atomic E-state index is -2.07. The summed E-state index contributed by atoms with van der Waals surface area (Å²) in [6.45, 7) is 4.07. The van der Waals surface area contributed by atoms with Crippen molar-refractivity contribution in [3.05, 3.63) is 64.7 Å². The minimum absolute atomic E-state index is 0.00547. The van der Waals surface area contributed by atoms with Crippen molar-refractivity contribution in [2.75, 3.05) is 14.1 Å². The van der Waals surface area contributed by atoms with E-state index < -0.39 is 23.0 Å². The molecule has 2 amide bonds. The maximum Gasteiger partial charge on any atom is 0.271 e. The van der Waals surface area contributed by atoms with Gasteiger partial charge in [0, 0.05) is 43.6 Å². The van der Waals surface area contributed by atoms with Crippen LogP contribution in [0.2, 0.25) is 0 Å². The Hall–Kier alpha value is -3.19. The first-order chi connectivity index (χ1) is 14.6.